The third kappa shape index (κ3) is 1.94. The molecule has 0 spiro atoms. The number of amides is 1. The molecule has 0 aliphatic heterocycles. The molecule has 3 aromatic heterocycles. The van der Waals surface area contributed by atoms with E-state index in [0.29, 0.717) is 22.7 Å². The molecule has 0 aliphatic carbocycles. The van der Waals surface area contributed by atoms with Crippen molar-refractivity contribution in [2.24, 2.45) is 5.73 Å². The zero-order chi connectivity index (χ0) is 15.1. The van der Waals surface area contributed by atoms with Gasteiger partial charge in [-0.25, -0.2) is 9.50 Å². The highest BCUT2D eigenvalue weighted by molar-refractivity contribution is 5.98. The van der Waals surface area contributed by atoms with E-state index in [0.717, 1.165) is 5.69 Å². The molecule has 3 heterocycles. The highest BCUT2D eigenvalue weighted by Gasteiger charge is 2.16. The topological polar surface area (TPSA) is 110 Å². The maximum atomic E-state index is 11.4. The van der Waals surface area contributed by atoms with E-state index >= 15 is 0 Å². The Bertz CT molecular complexity index is 913. The van der Waals surface area contributed by atoms with Gasteiger partial charge in [-0.15, -0.1) is 0 Å². The summed E-state index contributed by atoms with van der Waals surface area (Å²) in [5.74, 6) is 0.212. The fourth-order valence-electron chi connectivity index (χ4n) is 2.22. The first-order valence-corrected chi connectivity index (χ1v) is 6.17. The van der Waals surface area contributed by atoms with Crippen LogP contribution in [0, 0.1) is 25.2 Å². The van der Waals surface area contributed by atoms with Gasteiger partial charge in [-0.1, -0.05) is 0 Å². The van der Waals surface area contributed by atoms with Crippen LogP contribution in [0.5, 0.6) is 0 Å². The van der Waals surface area contributed by atoms with Crippen LogP contribution in [0.3, 0.4) is 0 Å². The molecule has 104 valence electrons. The lowest BCUT2D eigenvalue weighted by Crippen LogP contribution is -2.11. The van der Waals surface area contributed by atoms with Crippen molar-refractivity contribution in [2.45, 2.75) is 13.8 Å². The molecule has 7 nitrogen and oxygen atoms in total. The predicted molar refractivity (Wildman–Crippen MR) is 73.4 cm³/mol. The Kier molecular flexibility index (Phi) is 2.73. The quantitative estimate of drug-likeness (QED) is 0.766. The number of carbonyl (C=O) groups is 1. The molecular weight excluding hydrogens is 270 g/mol. The van der Waals surface area contributed by atoms with Gasteiger partial charge < -0.3 is 10.2 Å². The number of carbonyl (C=O) groups excluding carboxylic acids is 1. The Balaban J connectivity index is 2.28. The molecule has 0 fully saturated rings. The first kappa shape index (κ1) is 12.9. The van der Waals surface area contributed by atoms with Gasteiger partial charge in [0, 0.05) is 17.3 Å². The van der Waals surface area contributed by atoms with Gasteiger partial charge >= 0.3 is 0 Å². The van der Waals surface area contributed by atoms with Gasteiger partial charge in [0.15, 0.2) is 5.65 Å². The summed E-state index contributed by atoms with van der Waals surface area (Å²) in [6.45, 7) is 3.60. The predicted octanol–water partition coefficient (Wildman–Crippen LogP) is 1.58. The number of hydrogen-bond acceptors (Lipinski definition) is 5. The summed E-state index contributed by atoms with van der Waals surface area (Å²) in [4.78, 5) is 15.8. The first-order chi connectivity index (χ1) is 10.0. The summed E-state index contributed by atoms with van der Waals surface area (Å²) < 4.78 is 6.86. The van der Waals surface area contributed by atoms with Gasteiger partial charge in [0.05, 0.1) is 11.9 Å². The van der Waals surface area contributed by atoms with Crippen molar-refractivity contribution < 1.29 is 9.21 Å². The van der Waals surface area contributed by atoms with Crippen molar-refractivity contribution >= 4 is 11.6 Å². The van der Waals surface area contributed by atoms with Crippen LogP contribution >= 0.6 is 0 Å². The van der Waals surface area contributed by atoms with Crippen LogP contribution in [0.15, 0.2) is 22.7 Å². The smallest absolute Gasteiger partial charge is 0.254 e. The van der Waals surface area contributed by atoms with Gasteiger partial charge in [-0.2, -0.15) is 10.4 Å². The van der Waals surface area contributed by atoms with Crippen molar-refractivity contribution in [2.75, 3.05) is 0 Å². The highest BCUT2D eigenvalue weighted by atomic mass is 16.3. The molecule has 2 N–H and O–H groups in total. The number of aromatic nitrogens is 3. The molecule has 0 unspecified atom stereocenters. The van der Waals surface area contributed by atoms with Crippen LogP contribution in [-0.2, 0) is 0 Å². The lowest BCUT2D eigenvalue weighted by molar-refractivity contribution is 0.100. The van der Waals surface area contributed by atoms with Crippen molar-refractivity contribution in [1.29, 1.82) is 5.26 Å². The SMILES string of the molecule is Cc1oc(C#N)cc1-c1cc(C)n2ncc(C(N)=O)c2n1. The van der Waals surface area contributed by atoms with Crippen LogP contribution in [0.1, 0.15) is 27.6 Å². The maximum Gasteiger partial charge on any atom is 0.254 e. The third-order valence-electron chi connectivity index (χ3n) is 3.22. The summed E-state index contributed by atoms with van der Waals surface area (Å²) in [7, 11) is 0. The number of nitrogens with two attached hydrogens (primary N) is 1. The number of fused-ring (bicyclic) bond motifs is 1. The molecule has 7 heteroatoms. The zero-order valence-corrected chi connectivity index (χ0v) is 11.4. The van der Waals surface area contributed by atoms with Crippen LogP contribution in [0.25, 0.3) is 16.9 Å². The van der Waals surface area contributed by atoms with Crippen LogP contribution in [-0.4, -0.2) is 20.5 Å². The average molecular weight is 281 g/mol. The van der Waals surface area contributed by atoms with Crippen LogP contribution in [0.4, 0.5) is 0 Å². The Labute approximate surface area is 119 Å². The van der Waals surface area contributed by atoms with E-state index in [9.17, 15) is 4.79 Å². The number of hydrogen-bond donors (Lipinski definition) is 1. The van der Waals surface area contributed by atoms with Crippen LogP contribution in [0.2, 0.25) is 0 Å². The number of aryl methyl sites for hydroxylation is 2. The zero-order valence-electron chi connectivity index (χ0n) is 11.4. The third-order valence-corrected chi connectivity index (χ3v) is 3.22. The molecule has 1 amide bonds. The maximum absolute atomic E-state index is 11.4. The fraction of sp³-hybridized carbons (Fsp3) is 0.143. The Morgan fingerprint density at radius 3 is 2.81 bits per heavy atom. The number of rotatable bonds is 2. The second-order valence-electron chi connectivity index (χ2n) is 4.63. The van der Waals surface area contributed by atoms with Crippen molar-refractivity contribution in [3.05, 3.63) is 41.1 Å². The standard InChI is InChI=1S/C14H11N5O2/c1-7-3-12(10-4-9(5-15)21-8(10)2)18-14-11(13(16)20)6-17-19(7)14/h3-4,6H,1-2H3,(H2,16,20). The number of primary amides is 1. The number of furan rings is 1. The molecule has 3 rings (SSSR count). The largest absolute Gasteiger partial charge is 0.450 e. The van der Waals surface area contributed by atoms with E-state index in [1.165, 1.54) is 6.20 Å². The van der Waals surface area contributed by atoms with E-state index in [-0.39, 0.29) is 11.3 Å². The lowest BCUT2D eigenvalue weighted by atomic mass is 10.1. The Morgan fingerprint density at radius 2 is 2.19 bits per heavy atom. The normalized spacial score (nSPS) is 10.7. The molecule has 0 aliphatic rings. The Hall–Kier alpha value is -3.14. The summed E-state index contributed by atoms with van der Waals surface area (Å²) in [5, 5.41) is 13.0. The molecule has 0 aromatic carbocycles. The molecular formula is C14H11N5O2. The minimum atomic E-state index is -0.587. The highest BCUT2D eigenvalue weighted by Crippen LogP contribution is 2.26. The second kappa shape index (κ2) is 4.45. The fourth-order valence-corrected chi connectivity index (χ4v) is 2.22. The summed E-state index contributed by atoms with van der Waals surface area (Å²) in [6.07, 6.45) is 1.39. The lowest BCUT2D eigenvalue weighted by Gasteiger charge is -2.04. The summed E-state index contributed by atoms with van der Waals surface area (Å²) in [6, 6.07) is 5.38. The van der Waals surface area contributed by atoms with Gasteiger partial charge in [-0.05, 0) is 19.9 Å². The Morgan fingerprint density at radius 1 is 1.43 bits per heavy atom. The molecule has 21 heavy (non-hydrogen) atoms. The van der Waals surface area contributed by atoms with E-state index in [1.54, 1.807) is 17.5 Å². The van der Waals surface area contributed by atoms with E-state index in [2.05, 4.69) is 10.1 Å². The van der Waals surface area contributed by atoms with E-state index in [4.69, 9.17) is 15.4 Å². The molecule has 3 aromatic rings. The van der Waals surface area contributed by atoms with Crippen molar-refractivity contribution in [3.8, 4) is 17.3 Å². The van der Waals surface area contributed by atoms with Gasteiger partial charge in [0.1, 0.15) is 17.4 Å². The molecule has 0 saturated heterocycles. The number of nitriles is 1. The first-order valence-electron chi connectivity index (χ1n) is 6.17. The van der Waals surface area contributed by atoms with E-state index in [1.807, 2.05) is 19.1 Å². The molecule has 0 bridgehead atoms. The minimum Gasteiger partial charge on any atom is -0.450 e. The summed E-state index contributed by atoms with van der Waals surface area (Å²) in [5.41, 5.74) is 8.06. The van der Waals surface area contributed by atoms with Gasteiger partial charge in [0.2, 0.25) is 5.76 Å². The molecule has 0 atom stereocenters. The van der Waals surface area contributed by atoms with Crippen molar-refractivity contribution in [3.63, 3.8) is 0 Å². The second-order valence-corrected chi connectivity index (χ2v) is 4.63. The monoisotopic (exact) mass is 281 g/mol. The average Bonchev–Trinajstić information content (AvgIpc) is 3.02. The van der Waals surface area contributed by atoms with Crippen molar-refractivity contribution in [1.82, 2.24) is 14.6 Å². The molecule has 0 radical (unpaired) electrons. The summed E-state index contributed by atoms with van der Waals surface area (Å²) >= 11 is 0. The van der Waals surface area contributed by atoms with E-state index < -0.39 is 5.91 Å². The van der Waals surface area contributed by atoms with Gasteiger partial charge in [-0.3, -0.25) is 4.79 Å². The van der Waals surface area contributed by atoms with Crippen LogP contribution < -0.4 is 5.73 Å². The molecule has 0 saturated carbocycles. The minimum absolute atomic E-state index is 0.213. The van der Waals surface area contributed by atoms with Gasteiger partial charge in [0.25, 0.3) is 5.91 Å². The number of nitrogens with zero attached hydrogens (tertiary/aromatic N) is 4.